The second-order valence-corrected chi connectivity index (χ2v) is 42.3. The van der Waals surface area contributed by atoms with Gasteiger partial charge in [0.2, 0.25) is 0 Å². The van der Waals surface area contributed by atoms with Crippen LogP contribution in [0, 0.1) is 0 Å². The number of para-hydroxylation sites is 1. The molecule has 0 aliphatic rings. The van der Waals surface area contributed by atoms with Gasteiger partial charge in [0.25, 0.3) is 0 Å². The first-order valence-electron chi connectivity index (χ1n) is 55.6. The van der Waals surface area contributed by atoms with Gasteiger partial charge >= 0.3 is 0 Å². The maximum atomic E-state index is 9.08. The van der Waals surface area contributed by atoms with Crippen molar-refractivity contribution in [3.05, 3.63) is 30.3 Å². The van der Waals surface area contributed by atoms with Crippen molar-refractivity contribution in [3.63, 3.8) is 0 Å². The lowest BCUT2D eigenvalue weighted by Crippen LogP contribution is -3.00. The Bertz CT molecular complexity index is 2170. The minimum atomic E-state index is -3.92. The zero-order valence-electron chi connectivity index (χ0n) is 86.4. The number of halogens is 1. The van der Waals surface area contributed by atoms with E-state index >= 15 is 0 Å². The number of quaternary nitrogens is 3. The molecule has 12 heteroatoms. The molecule has 0 aliphatic carbocycles. The summed E-state index contributed by atoms with van der Waals surface area (Å²) in [6, 6.07) is 11.1. The zero-order chi connectivity index (χ0) is 90.7. The van der Waals surface area contributed by atoms with Gasteiger partial charge in [-0.15, -0.1) is 0 Å². The molecule has 0 aliphatic heterocycles. The Balaban J connectivity index is -0.000000561. The van der Waals surface area contributed by atoms with Crippen LogP contribution in [0.15, 0.2) is 30.3 Å². The fourth-order valence-corrected chi connectivity index (χ4v) is 18.7. The van der Waals surface area contributed by atoms with E-state index in [1.54, 1.807) is 0 Å². The Morgan fingerprint density at radius 2 is 0.325 bits per heavy atom. The van der Waals surface area contributed by atoms with Crippen LogP contribution >= 0.6 is 0 Å². The molecule has 0 spiro atoms. The second kappa shape index (κ2) is 105. The minimum absolute atomic E-state index is 0. The Hall–Kier alpha value is -0.350. The molecule has 123 heavy (non-hydrogen) atoms. The number of unbranched alkanes of at least 4 members (excludes halogenated alkanes) is 74. The van der Waals surface area contributed by atoms with Crippen LogP contribution in [0.4, 0.5) is 5.69 Å². The van der Waals surface area contributed by atoms with Crippen LogP contribution in [-0.4, -0.2) is 120 Å². The lowest BCUT2D eigenvalue weighted by Gasteiger charge is -2.39. The van der Waals surface area contributed by atoms with E-state index in [9.17, 15) is 0 Å². The first-order chi connectivity index (χ1) is 59.2. The highest BCUT2D eigenvalue weighted by Crippen LogP contribution is 2.27. The molecular formula is C111H228IN3O6S2. The first kappa shape index (κ1) is 131. The van der Waals surface area contributed by atoms with Gasteiger partial charge in [-0.1, -0.05) is 497 Å². The predicted octanol–water partition coefficient (Wildman–Crippen LogP) is 33.7. The summed E-state index contributed by atoms with van der Waals surface area (Å²) in [5, 5.41) is 0. The summed E-state index contributed by atoms with van der Waals surface area (Å²) < 4.78 is 58.5. The predicted molar refractivity (Wildman–Crippen MR) is 550 cm³/mol. The Morgan fingerprint density at radius 1 is 0.203 bits per heavy atom. The molecule has 0 amide bonds. The molecule has 1 aromatic rings. The molecule has 0 saturated heterocycles. The van der Waals surface area contributed by atoms with E-state index in [-0.39, 0.29) is 24.0 Å². The highest BCUT2D eigenvalue weighted by Gasteiger charge is 2.27. The summed E-state index contributed by atoms with van der Waals surface area (Å²) in [6.07, 6.45) is 121. The average molecular weight is 1890 g/mol. The van der Waals surface area contributed by atoms with Crippen molar-refractivity contribution in [2.75, 3.05) is 85.0 Å². The van der Waals surface area contributed by atoms with Gasteiger partial charge in [-0.2, -0.15) is 0 Å². The van der Waals surface area contributed by atoms with Crippen molar-refractivity contribution in [2.24, 2.45) is 0 Å². The van der Waals surface area contributed by atoms with Gasteiger partial charge in [-0.3, -0.25) is 4.48 Å². The molecule has 0 aromatic heterocycles. The third-order valence-corrected chi connectivity index (χ3v) is 27.1. The van der Waals surface area contributed by atoms with E-state index in [1.807, 2.05) is 0 Å². The Morgan fingerprint density at radius 3 is 0.480 bits per heavy atom. The third-order valence-electron chi connectivity index (χ3n) is 27.1. The fraction of sp³-hybridized carbons (Fsp3) is 0.946. The van der Waals surface area contributed by atoms with E-state index in [0.717, 1.165) is 4.48 Å². The lowest BCUT2D eigenvalue weighted by molar-refractivity contribution is -0.929. The molecular weight excluding hydrogens is 1660 g/mol. The second-order valence-electron chi connectivity index (χ2n) is 39.4. The number of benzene rings is 1. The van der Waals surface area contributed by atoms with Gasteiger partial charge in [-0.25, -0.2) is 16.8 Å². The normalized spacial score (nSPS) is 11.8. The minimum Gasteiger partial charge on any atom is -1.00 e. The van der Waals surface area contributed by atoms with E-state index in [0.29, 0.717) is 12.5 Å². The number of hydrogen-bond acceptors (Lipinski definition) is 6. The molecule has 0 fully saturated rings. The highest BCUT2D eigenvalue weighted by atomic mass is 127. The molecule has 742 valence electrons. The van der Waals surface area contributed by atoms with E-state index in [1.165, 1.54) is 607 Å². The molecule has 0 unspecified atom stereocenters. The maximum absolute atomic E-state index is 9.08. The Labute approximate surface area is 794 Å². The van der Waals surface area contributed by atoms with Crippen LogP contribution in [-0.2, 0) is 20.2 Å². The van der Waals surface area contributed by atoms with Crippen LogP contribution in [0.1, 0.15) is 596 Å². The Kier molecular flexibility index (Phi) is 112. The van der Waals surface area contributed by atoms with Crippen LogP contribution in [0.25, 0.3) is 0 Å². The van der Waals surface area contributed by atoms with Crippen molar-refractivity contribution in [1.29, 1.82) is 0 Å². The molecule has 0 heterocycles. The lowest BCUT2D eigenvalue weighted by atomic mass is 10.0. The zero-order valence-corrected chi connectivity index (χ0v) is 90.2. The first-order valence-corrected chi connectivity index (χ1v) is 59.3. The smallest absolute Gasteiger partial charge is 0.132 e. The van der Waals surface area contributed by atoms with Gasteiger partial charge in [0.05, 0.1) is 92.7 Å². The molecule has 0 bridgehead atoms. The van der Waals surface area contributed by atoms with Gasteiger partial charge in [-0.05, 0) is 129 Å². The summed E-state index contributed by atoms with van der Waals surface area (Å²) in [5.41, 5.74) is 1.49. The molecule has 1 rings (SSSR count). The molecule has 0 N–H and O–H groups in total. The van der Waals surface area contributed by atoms with E-state index in [2.05, 4.69) is 107 Å². The molecule has 0 radical (unpaired) electrons. The van der Waals surface area contributed by atoms with Crippen LogP contribution in [0.3, 0.4) is 0 Å². The molecule has 1 aromatic carbocycles. The van der Waals surface area contributed by atoms with Crippen molar-refractivity contribution in [2.45, 2.75) is 596 Å². The summed E-state index contributed by atoms with van der Waals surface area (Å²) in [5.74, 6) is 0. The monoisotopic (exact) mass is 1890 g/mol. The SMILES string of the molecule is CCCCCCCCCCCCCCCC[N+](C)(CCCCCCCCCC)CCCCCCCCCC.CCCCCCCCCCCCCCC[N+](CCCCC)(CCCCCCCCCCCCCCC)CCCCCCCCCCCCCCC.CCCCCCCCCCCC[N+](CC)(CC)c1ccccc1.CS(=O)(=O)[O-].CS(=O)(=O)[O-].[I-]. The van der Waals surface area contributed by atoms with Crippen molar-refractivity contribution < 1.29 is 58.9 Å². The standard InChI is InChI=1S/C50H104N.C37H78N.C22H40N.2CH4O3S.HI/c1-5-9-13-16-19-22-25-28-31-34-37-40-44-48-51(47-43-12-8-4,49-45-41-38-35-32-29-26-23-20-17-14-10-6-2)50-46-42-39-36-33-30-27-24-21-18-15-11-7-3;1-5-8-11-14-17-20-21-22-23-24-25-28-31-34-37-38(4,35-32-29-26-18-15-12-9-6-2)36-33-30-27-19-16-13-10-7-3;1-4-7-8-9-10-11-12-13-14-18-21-23(5-2,6-3)22-19-16-15-17-20-22;2*1-5(2,3)4;/h5-50H2,1-4H3;5-37H2,1-4H3;15-17,19-20H,4-14,18,21H2,1-3H3;2*1H3,(H,2,3,4);1H/q3*+1;;;/p-3. The molecule has 0 atom stereocenters. The summed E-state index contributed by atoms with van der Waals surface area (Å²) in [6.45, 7) is 37.3. The number of nitrogens with zero attached hydrogens (tertiary/aromatic N) is 3. The van der Waals surface area contributed by atoms with Crippen molar-refractivity contribution in [3.8, 4) is 0 Å². The summed E-state index contributed by atoms with van der Waals surface area (Å²) in [7, 11) is -5.23. The van der Waals surface area contributed by atoms with Crippen molar-refractivity contribution in [1.82, 2.24) is 4.48 Å². The van der Waals surface area contributed by atoms with E-state index in [4.69, 9.17) is 25.9 Å². The van der Waals surface area contributed by atoms with Gasteiger partial charge in [0.1, 0.15) is 5.69 Å². The quantitative estimate of drug-likeness (QED) is 0.0278. The van der Waals surface area contributed by atoms with Crippen LogP contribution in [0.5, 0.6) is 0 Å². The number of rotatable bonds is 93. The summed E-state index contributed by atoms with van der Waals surface area (Å²) >= 11 is 0. The van der Waals surface area contributed by atoms with Crippen LogP contribution in [0.2, 0.25) is 0 Å². The summed E-state index contributed by atoms with van der Waals surface area (Å²) in [4.78, 5) is 0. The third kappa shape index (κ3) is 110. The van der Waals surface area contributed by atoms with Gasteiger partial charge < -0.3 is 42.0 Å². The highest BCUT2D eigenvalue weighted by molar-refractivity contribution is 7.85. The topological polar surface area (TPSA) is 114 Å². The molecule has 0 saturated carbocycles. The largest absolute Gasteiger partial charge is 1.00 e. The van der Waals surface area contributed by atoms with Gasteiger partial charge in [0, 0.05) is 12.5 Å². The van der Waals surface area contributed by atoms with E-state index < -0.39 is 20.2 Å². The maximum Gasteiger partial charge on any atom is 0.132 e. The number of hydrogen-bond donors (Lipinski definition) is 0. The fourth-order valence-electron chi connectivity index (χ4n) is 18.7. The average Bonchev–Trinajstić information content (AvgIpc) is 0.825. The van der Waals surface area contributed by atoms with Crippen molar-refractivity contribution >= 4 is 25.9 Å². The molecule has 9 nitrogen and oxygen atoms in total. The van der Waals surface area contributed by atoms with Crippen LogP contribution < -0.4 is 28.5 Å². The van der Waals surface area contributed by atoms with Gasteiger partial charge in [0.15, 0.2) is 0 Å².